The zero-order chi connectivity index (χ0) is 20.6. The summed E-state index contributed by atoms with van der Waals surface area (Å²) in [5, 5.41) is 0. The van der Waals surface area contributed by atoms with Crippen molar-refractivity contribution in [3.8, 4) is 0 Å². The summed E-state index contributed by atoms with van der Waals surface area (Å²) >= 11 is 0. The van der Waals surface area contributed by atoms with Gasteiger partial charge in [-0.2, -0.15) is 0 Å². The number of rotatable bonds is 6. The molecule has 1 unspecified atom stereocenters. The average Bonchev–Trinajstić information content (AvgIpc) is 2.98. The van der Waals surface area contributed by atoms with E-state index in [0.29, 0.717) is 18.3 Å². The van der Waals surface area contributed by atoms with Crippen LogP contribution in [-0.4, -0.2) is 6.61 Å². The van der Waals surface area contributed by atoms with Gasteiger partial charge in [0, 0.05) is 5.92 Å². The summed E-state index contributed by atoms with van der Waals surface area (Å²) in [4.78, 5) is 0. The topological polar surface area (TPSA) is 35.2 Å². The lowest BCUT2D eigenvalue weighted by atomic mass is 9.76. The summed E-state index contributed by atoms with van der Waals surface area (Å²) in [7, 11) is 0. The maximum atomic E-state index is 15.3. The third-order valence-electron chi connectivity index (χ3n) is 6.78. The summed E-state index contributed by atoms with van der Waals surface area (Å²) in [6, 6.07) is 0. The summed E-state index contributed by atoms with van der Waals surface area (Å²) in [6.45, 7) is 4.69. The van der Waals surface area contributed by atoms with E-state index in [1.54, 1.807) is 0 Å². The number of ether oxygens (including phenoxy) is 1. The molecule has 3 rings (SSSR count). The van der Waals surface area contributed by atoms with Crippen molar-refractivity contribution in [1.82, 2.24) is 0 Å². The van der Waals surface area contributed by atoms with Crippen molar-refractivity contribution in [2.45, 2.75) is 78.1 Å². The molecule has 0 spiro atoms. The molecule has 0 saturated heterocycles. The predicted molar refractivity (Wildman–Crippen MR) is 120 cm³/mol. The minimum atomic E-state index is -0.272. The maximum absolute atomic E-state index is 15.3. The maximum Gasteiger partial charge on any atom is 0.140 e. The smallest absolute Gasteiger partial charge is 0.140 e. The summed E-state index contributed by atoms with van der Waals surface area (Å²) < 4.78 is 20.9. The molecule has 0 aromatic rings. The Morgan fingerprint density at radius 3 is 2.62 bits per heavy atom. The number of allylic oxidation sites excluding steroid dienone is 8. The Labute approximate surface area is 176 Å². The second-order valence-corrected chi connectivity index (χ2v) is 8.77. The van der Waals surface area contributed by atoms with Gasteiger partial charge in [-0.15, -0.1) is 0 Å². The standard InChI is InChI=1S/C26H38FNO/c1-3-8-19-13-15-21(16-14-19)20-9-7-10-22(18-17-20)23-11-5-6-12-24(29-4-2)26(28)25(23)27/h7,10,12,17-19,21,23H,3-6,8-9,11,13-16,28H2,1-2H3/b24-12+,26-25?. The first kappa shape index (κ1) is 21.9. The highest BCUT2D eigenvalue weighted by Crippen LogP contribution is 2.39. The number of halogens is 1. The van der Waals surface area contributed by atoms with Gasteiger partial charge < -0.3 is 10.5 Å². The molecule has 0 heterocycles. The van der Waals surface area contributed by atoms with Gasteiger partial charge in [0.1, 0.15) is 17.3 Å². The lowest BCUT2D eigenvalue weighted by Crippen LogP contribution is -2.16. The number of nitrogens with two attached hydrogens (primary N) is 1. The highest BCUT2D eigenvalue weighted by atomic mass is 19.1. The molecular formula is C26H38FNO. The van der Waals surface area contributed by atoms with Crippen molar-refractivity contribution < 1.29 is 9.13 Å². The molecule has 1 fully saturated rings. The first-order chi connectivity index (χ1) is 14.1. The van der Waals surface area contributed by atoms with Crippen LogP contribution < -0.4 is 5.73 Å². The van der Waals surface area contributed by atoms with Gasteiger partial charge in [0.15, 0.2) is 0 Å². The normalized spacial score (nSPS) is 30.4. The Hall–Kier alpha value is -1.77. The van der Waals surface area contributed by atoms with Crippen LogP contribution in [0.3, 0.4) is 0 Å². The molecule has 160 valence electrons. The van der Waals surface area contributed by atoms with Crippen LogP contribution >= 0.6 is 0 Å². The van der Waals surface area contributed by atoms with E-state index in [1.807, 2.05) is 13.0 Å². The van der Waals surface area contributed by atoms with Crippen LogP contribution in [-0.2, 0) is 4.74 Å². The van der Waals surface area contributed by atoms with Crippen LogP contribution in [0, 0.1) is 17.8 Å². The fourth-order valence-electron chi connectivity index (χ4n) is 5.13. The zero-order valence-corrected chi connectivity index (χ0v) is 18.3. The molecule has 1 atom stereocenters. The van der Waals surface area contributed by atoms with Crippen LogP contribution in [0.1, 0.15) is 78.1 Å². The first-order valence-corrected chi connectivity index (χ1v) is 11.7. The van der Waals surface area contributed by atoms with Crippen LogP contribution in [0.2, 0.25) is 0 Å². The predicted octanol–water partition coefficient (Wildman–Crippen LogP) is 7.27. The van der Waals surface area contributed by atoms with Crippen LogP contribution in [0.4, 0.5) is 4.39 Å². The van der Waals surface area contributed by atoms with Crippen molar-refractivity contribution in [1.29, 1.82) is 0 Å². The second-order valence-electron chi connectivity index (χ2n) is 8.77. The molecule has 0 aromatic heterocycles. The van der Waals surface area contributed by atoms with E-state index in [2.05, 4.69) is 31.2 Å². The van der Waals surface area contributed by atoms with Crippen molar-refractivity contribution in [2.75, 3.05) is 6.61 Å². The molecule has 0 bridgehead atoms. The Bertz CT molecular complexity index is 704. The van der Waals surface area contributed by atoms with Gasteiger partial charge in [0.25, 0.3) is 0 Å². The van der Waals surface area contributed by atoms with Gasteiger partial charge in [-0.25, -0.2) is 4.39 Å². The van der Waals surface area contributed by atoms with Crippen LogP contribution in [0.15, 0.2) is 58.8 Å². The van der Waals surface area contributed by atoms with E-state index in [0.717, 1.165) is 37.2 Å². The Morgan fingerprint density at radius 1 is 1.10 bits per heavy atom. The monoisotopic (exact) mass is 399 g/mol. The van der Waals surface area contributed by atoms with Crippen LogP contribution in [0.25, 0.3) is 0 Å². The summed E-state index contributed by atoms with van der Waals surface area (Å²) in [5.74, 6) is 1.61. The van der Waals surface area contributed by atoms with Gasteiger partial charge in [0.2, 0.25) is 0 Å². The van der Waals surface area contributed by atoms with E-state index in [9.17, 15) is 0 Å². The SMILES string of the molecule is CCCC1CCC(C2=CC=C(C3CCC/C=C(/OCC)C(N)=C3F)C=CC2)CC1. The lowest BCUT2D eigenvalue weighted by Gasteiger charge is -2.29. The highest BCUT2D eigenvalue weighted by Gasteiger charge is 2.26. The quantitative estimate of drug-likeness (QED) is 0.510. The van der Waals surface area contributed by atoms with Gasteiger partial charge in [-0.05, 0) is 81.8 Å². The van der Waals surface area contributed by atoms with Crippen molar-refractivity contribution in [3.05, 3.63) is 58.8 Å². The molecule has 0 amide bonds. The molecule has 3 aliphatic carbocycles. The van der Waals surface area contributed by atoms with Crippen molar-refractivity contribution in [3.63, 3.8) is 0 Å². The third kappa shape index (κ3) is 5.65. The number of hydrogen-bond acceptors (Lipinski definition) is 2. The molecule has 0 aromatic carbocycles. The largest absolute Gasteiger partial charge is 0.492 e. The molecule has 2 N–H and O–H groups in total. The molecule has 0 aliphatic heterocycles. The molecule has 3 heteroatoms. The van der Waals surface area contributed by atoms with E-state index in [1.165, 1.54) is 44.1 Å². The second kappa shape index (κ2) is 10.8. The molecule has 2 nitrogen and oxygen atoms in total. The van der Waals surface area contributed by atoms with Gasteiger partial charge in [0.05, 0.1) is 6.61 Å². The first-order valence-electron chi connectivity index (χ1n) is 11.7. The lowest BCUT2D eigenvalue weighted by molar-refractivity contribution is 0.231. The minimum Gasteiger partial charge on any atom is -0.492 e. The van der Waals surface area contributed by atoms with E-state index in [-0.39, 0.29) is 17.4 Å². The van der Waals surface area contributed by atoms with Crippen LogP contribution in [0.5, 0.6) is 0 Å². The van der Waals surface area contributed by atoms with Crippen molar-refractivity contribution in [2.24, 2.45) is 23.5 Å². The van der Waals surface area contributed by atoms with Gasteiger partial charge >= 0.3 is 0 Å². The fourth-order valence-corrected chi connectivity index (χ4v) is 5.13. The molecule has 29 heavy (non-hydrogen) atoms. The summed E-state index contributed by atoms with van der Waals surface area (Å²) in [6.07, 6.45) is 22.3. The Balaban J connectivity index is 1.75. The average molecular weight is 400 g/mol. The van der Waals surface area contributed by atoms with E-state index >= 15 is 4.39 Å². The van der Waals surface area contributed by atoms with E-state index in [4.69, 9.17) is 10.5 Å². The van der Waals surface area contributed by atoms with E-state index < -0.39 is 0 Å². The third-order valence-corrected chi connectivity index (χ3v) is 6.78. The minimum absolute atomic E-state index is 0.175. The number of hydrogen-bond donors (Lipinski definition) is 1. The Morgan fingerprint density at radius 2 is 1.90 bits per heavy atom. The fraction of sp³-hybridized carbons (Fsp3) is 0.615. The van der Waals surface area contributed by atoms with Gasteiger partial charge in [-0.1, -0.05) is 49.6 Å². The van der Waals surface area contributed by atoms with Gasteiger partial charge in [-0.3, -0.25) is 0 Å². The zero-order valence-electron chi connectivity index (χ0n) is 18.3. The Kier molecular flexibility index (Phi) is 8.20. The molecule has 0 radical (unpaired) electrons. The molecule has 3 aliphatic rings. The molecular weight excluding hydrogens is 361 g/mol. The highest BCUT2D eigenvalue weighted by molar-refractivity contribution is 5.39. The van der Waals surface area contributed by atoms with Crippen molar-refractivity contribution >= 4 is 0 Å². The summed E-state index contributed by atoms with van der Waals surface area (Å²) in [5.41, 5.74) is 8.87. The molecule has 1 saturated carbocycles.